The van der Waals surface area contributed by atoms with Crippen LogP contribution < -0.4 is 5.73 Å². The van der Waals surface area contributed by atoms with Gasteiger partial charge in [0.25, 0.3) is 0 Å². The predicted molar refractivity (Wildman–Crippen MR) is 66.6 cm³/mol. The van der Waals surface area contributed by atoms with Gasteiger partial charge in [-0.2, -0.15) is 5.10 Å². The Morgan fingerprint density at radius 3 is 2.41 bits per heavy atom. The lowest BCUT2D eigenvalue weighted by molar-refractivity contribution is -0.148. The highest BCUT2D eigenvalue weighted by Gasteiger charge is 2.19. The molecule has 0 spiro atoms. The van der Waals surface area contributed by atoms with Crippen LogP contribution in [0.1, 0.15) is 26.3 Å². The number of ether oxygens (including phenoxy) is 2. The van der Waals surface area contributed by atoms with Gasteiger partial charge in [0.2, 0.25) is 0 Å². The summed E-state index contributed by atoms with van der Waals surface area (Å²) in [5.74, 6) is 0. The second kappa shape index (κ2) is 7.42. The molecule has 0 aromatic carbocycles. The molecule has 2 N–H and O–H groups in total. The van der Waals surface area contributed by atoms with E-state index < -0.39 is 0 Å². The molecule has 1 unspecified atom stereocenters. The van der Waals surface area contributed by atoms with Crippen LogP contribution in [0.2, 0.25) is 0 Å². The molecule has 1 aromatic heterocycles. The molecule has 0 aliphatic heterocycles. The monoisotopic (exact) mass is 241 g/mol. The average Bonchev–Trinajstić information content (AvgIpc) is 2.76. The molecular weight excluding hydrogens is 218 g/mol. The van der Waals surface area contributed by atoms with Gasteiger partial charge in [0.15, 0.2) is 6.29 Å². The SMILES string of the molecule is CCOC(OCC)C(N)Cc1cnn(CC)c1. The molecule has 98 valence electrons. The molecule has 0 saturated carbocycles. The number of hydrogen-bond donors (Lipinski definition) is 1. The van der Waals surface area contributed by atoms with E-state index in [0.717, 1.165) is 12.1 Å². The molecule has 0 fully saturated rings. The zero-order valence-electron chi connectivity index (χ0n) is 10.9. The van der Waals surface area contributed by atoms with Gasteiger partial charge in [0.05, 0.1) is 12.2 Å². The Morgan fingerprint density at radius 1 is 1.29 bits per heavy atom. The van der Waals surface area contributed by atoms with E-state index in [9.17, 15) is 0 Å². The maximum absolute atomic E-state index is 6.09. The van der Waals surface area contributed by atoms with Gasteiger partial charge >= 0.3 is 0 Å². The van der Waals surface area contributed by atoms with E-state index in [4.69, 9.17) is 15.2 Å². The van der Waals surface area contributed by atoms with Crippen molar-refractivity contribution in [2.24, 2.45) is 5.73 Å². The Kier molecular flexibility index (Phi) is 6.18. The van der Waals surface area contributed by atoms with Gasteiger partial charge in [-0.25, -0.2) is 0 Å². The number of hydrogen-bond acceptors (Lipinski definition) is 4. The summed E-state index contributed by atoms with van der Waals surface area (Å²) in [5, 5.41) is 4.22. The molecule has 1 heterocycles. The summed E-state index contributed by atoms with van der Waals surface area (Å²) in [6.07, 6.45) is 4.23. The van der Waals surface area contributed by atoms with Gasteiger partial charge in [-0.15, -0.1) is 0 Å². The molecule has 0 saturated heterocycles. The topological polar surface area (TPSA) is 62.3 Å². The Bertz CT molecular complexity index is 308. The fourth-order valence-corrected chi connectivity index (χ4v) is 1.68. The third-order valence-electron chi connectivity index (χ3n) is 2.49. The van der Waals surface area contributed by atoms with Crippen molar-refractivity contribution in [2.75, 3.05) is 13.2 Å². The first-order chi connectivity index (χ1) is 8.21. The summed E-state index contributed by atoms with van der Waals surface area (Å²) in [5.41, 5.74) is 7.20. The van der Waals surface area contributed by atoms with Crippen molar-refractivity contribution in [1.82, 2.24) is 9.78 Å². The van der Waals surface area contributed by atoms with Crippen LogP contribution >= 0.6 is 0 Å². The van der Waals surface area contributed by atoms with Gasteiger partial charge in [-0.05, 0) is 32.8 Å². The first kappa shape index (κ1) is 14.2. The summed E-state index contributed by atoms with van der Waals surface area (Å²) in [6.45, 7) is 8.01. The number of nitrogens with two attached hydrogens (primary N) is 1. The highest BCUT2D eigenvalue weighted by molar-refractivity contribution is 5.06. The maximum atomic E-state index is 6.09. The summed E-state index contributed by atoms with van der Waals surface area (Å²) in [4.78, 5) is 0. The second-order valence-electron chi connectivity index (χ2n) is 3.85. The van der Waals surface area contributed by atoms with Crippen LogP contribution in [0.5, 0.6) is 0 Å². The van der Waals surface area contributed by atoms with E-state index in [2.05, 4.69) is 12.0 Å². The fraction of sp³-hybridized carbons (Fsp3) is 0.750. The molecule has 0 aliphatic rings. The second-order valence-corrected chi connectivity index (χ2v) is 3.85. The normalized spacial score (nSPS) is 13.2. The molecule has 0 amide bonds. The maximum Gasteiger partial charge on any atom is 0.172 e. The van der Waals surface area contributed by atoms with Gasteiger partial charge in [-0.3, -0.25) is 4.68 Å². The van der Waals surface area contributed by atoms with Crippen LogP contribution in [-0.2, 0) is 22.4 Å². The van der Waals surface area contributed by atoms with Gasteiger partial charge in [-0.1, -0.05) is 0 Å². The first-order valence-corrected chi connectivity index (χ1v) is 6.21. The summed E-state index contributed by atoms with van der Waals surface area (Å²) in [7, 11) is 0. The number of nitrogens with zero attached hydrogens (tertiary/aromatic N) is 2. The molecule has 0 bridgehead atoms. The van der Waals surface area contributed by atoms with Crippen molar-refractivity contribution in [1.29, 1.82) is 0 Å². The molecule has 1 atom stereocenters. The Hall–Kier alpha value is -0.910. The van der Waals surface area contributed by atoms with E-state index in [1.807, 2.05) is 30.9 Å². The molecule has 1 rings (SSSR count). The van der Waals surface area contributed by atoms with Gasteiger partial charge < -0.3 is 15.2 Å². The summed E-state index contributed by atoms with van der Waals surface area (Å²) < 4.78 is 12.8. The largest absolute Gasteiger partial charge is 0.351 e. The Labute approximate surface area is 103 Å². The number of aryl methyl sites for hydroxylation is 1. The van der Waals surface area contributed by atoms with Crippen molar-refractivity contribution < 1.29 is 9.47 Å². The smallest absolute Gasteiger partial charge is 0.172 e. The predicted octanol–water partition coefficient (Wildman–Crippen LogP) is 1.17. The number of rotatable bonds is 8. The molecule has 0 radical (unpaired) electrons. The van der Waals surface area contributed by atoms with Crippen LogP contribution in [0.3, 0.4) is 0 Å². The first-order valence-electron chi connectivity index (χ1n) is 6.21. The van der Waals surface area contributed by atoms with E-state index >= 15 is 0 Å². The van der Waals surface area contributed by atoms with E-state index in [1.165, 1.54) is 0 Å². The van der Waals surface area contributed by atoms with Crippen molar-refractivity contribution in [3.63, 3.8) is 0 Å². The van der Waals surface area contributed by atoms with Crippen LogP contribution in [-0.4, -0.2) is 35.3 Å². The Balaban J connectivity index is 2.52. The number of aromatic nitrogens is 2. The molecule has 1 aromatic rings. The van der Waals surface area contributed by atoms with Crippen LogP contribution in [0, 0.1) is 0 Å². The fourth-order valence-electron chi connectivity index (χ4n) is 1.68. The van der Waals surface area contributed by atoms with Crippen LogP contribution in [0.4, 0.5) is 0 Å². The zero-order chi connectivity index (χ0) is 12.7. The molecule has 5 nitrogen and oxygen atoms in total. The van der Waals surface area contributed by atoms with Gasteiger partial charge in [0, 0.05) is 26.0 Å². The Morgan fingerprint density at radius 2 is 1.94 bits per heavy atom. The van der Waals surface area contributed by atoms with Crippen molar-refractivity contribution in [3.05, 3.63) is 18.0 Å². The molecule has 5 heteroatoms. The summed E-state index contributed by atoms with van der Waals surface area (Å²) in [6, 6.07) is -0.163. The van der Waals surface area contributed by atoms with Crippen molar-refractivity contribution in [2.45, 2.75) is 46.1 Å². The van der Waals surface area contributed by atoms with Crippen molar-refractivity contribution in [3.8, 4) is 0 Å². The van der Waals surface area contributed by atoms with Crippen LogP contribution in [0.25, 0.3) is 0 Å². The molecule has 0 aliphatic carbocycles. The lowest BCUT2D eigenvalue weighted by Gasteiger charge is -2.23. The minimum atomic E-state index is -0.338. The minimum absolute atomic E-state index is 0.163. The zero-order valence-corrected chi connectivity index (χ0v) is 10.9. The quantitative estimate of drug-likeness (QED) is 0.694. The van der Waals surface area contributed by atoms with E-state index in [1.54, 1.807) is 0 Å². The lowest BCUT2D eigenvalue weighted by atomic mass is 10.1. The van der Waals surface area contributed by atoms with Gasteiger partial charge in [0.1, 0.15) is 0 Å². The van der Waals surface area contributed by atoms with Crippen molar-refractivity contribution >= 4 is 0 Å². The standard InChI is InChI=1S/C12H23N3O2/c1-4-15-9-10(8-14-15)7-11(13)12(16-5-2)17-6-3/h8-9,11-12H,4-7,13H2,1-3H3. The molecular formula is C12H23N3O2. The molecule has 17 heavy (non-hydrogen) atoms. The summed E-state index contributed by atoms with van der Waals surface area (Å²) >= 11 is 0. The van der Waals surface area contributed by atoms with E-state index in [0.29, 0.717) is 19.6 Å². The van der Waals surface area contributed by atoms with Crippen LogP contribution in [0.15, 0.2) is 12.4 Å². The average molecular weight is 241 g/mol. The lowest BCUT2D eigenvalue weighted by Crippen LogP contribution is -2.40. The highest BCUT2D eigenvalue weighted by atomic mass is 16.7. The third-order valence-corrected chi connectivity index (χ3v) is 2.49. The third kappa shape index (κ3) is 4.46. The highest BCUT2D eigenvalue weighted by Crippen LogP contribution is 2.08. The minimum Gasteiger partial charge on any atom is -0.351 e. The van der Waals surface area contributed by atoms with E-state index in [-0.39, 0.29) is 12.3 Å².